The largest absolute Gasteiger partial charge is 0.324 e. The van der Waals surface area contributed by atoms with Gasteiger partial charge in [0.25, 0.3) is 0 Å². The second kappa shape index (κ2) is 4.11. The van der Waals surface area contributed by atoms with E-state index >= 15 is 0 Å². The number of aromatic nitrogens is 3. The Bertz CT molecular complexity index is 719. The minimum atomic E-state index is -0.499. The molecule has 0 unspecified atom stereocenters. The van der Waals surface area contributed by atoms with E-state index in [1.165, 1.54) is 15.9 Å². The van der Waals surface area contributed by atoms with Crippen molar-refractivity contribution in [3.63, 3.8) is 0 Å². The Morgan fingerprint density at radius 3 is 2.94 bits per heavy atom. The third-order valence-electron chi connectivity index (χ3n) is 2.51. The molecule has 0 spiro atoms. The molecule has 0 atom stereocenters. The zero-order chi connectivity index (χ0) is 12.7. The first-order valence-corrected chi connectivity index (χ1v) is 6.05. The highest BCUT2D eigenvalue weighted by Crippen LogP contribution is 2.27. The lowest BCUT2D eigenvalue weighted by Crippen LogP contribution is -1.99. The molecular formula is C11H8F2N4S. The molecule has 4 nitrogen and oxygen atoms in total. The van der Waals surface area contributed by atoms with E-state index in [9.17, 15) is 8.78 Å². The van der Waals surface area contributed by atoms with Crippen LogP contribution in [-0.4, -0.2) is 14.6 Å². The highest BCUT2D eigenvalue weighted by molar-refractivity contribution is 7.15. The smallest absolute Gasteiger partial charge is 0.212 e. The summed E-state index contributed by atoms with van der Waals surface area (Å²) in [6.07, 6.45) is 0. The van der Waals surface area contributed by atoms with Crippen LogP contribution in [0.5, 0.6) is 0 Å². The Morgan fingerprint density at radius 1 is 1.33 bits per heavy atom. The van der Waals surface area contributed by atoms with Gasteiger partial charge in [0.2, 0.25) is 4.96 Å². The Morgan fingerprint density at radius 2 is 2.17 bits per heavy atom. The van der Waals surface area contributed by atoms with Crippen LogP contribution in [0, 0.1) is 11.6 Å². The van der Waals surface area contributed by atoms with Gasteiger partial charge in [0, 0.05) is 10.9 Å². The fraction of sp³-hybridized carbons (Fsp3) is 0.0909. The van der Waals surface area contributed by atoms with Gasteiger partial charge in [-0.25, -0.2) is 18.3 Å². The predicted molar refractivity (Wildman–Crippen MR) is 64.1 cm³/mol. The highest BCUT2D eigenvalue weighted by Gasteiger charge is 2.14. The van der Waals surface area contributed by atoms with Crippen LogP contribution in [0.25, 0.3) is 16.2 Å². The average molecular weight is 266 g/mol. The fourth-order valence-corrected chi connectivity index (χ4v) is 2.53. The minimum Gasteiger partial charge on any atom is -0.324 e. The van der Waals surface area contributed by atoms with Gasteiger partial charge in [-0.1, -0.05) is 0 Å². The maximum atomic E-state index is 13.7. The Hall–Kier alpha value is -1.86. The number of thiazole rings is 1. The number of hydrogen-bond acceptors (Lipinski definition) is 4. The lowest BCUT2D eigenvalue weighted by molar-refractivity contribution is 0.602. The van der Waals surface area contributed by atoms with Gasteiger partial charge in [-0.2, -0.15) is 0 Å². The van der Waals surface area contributed by atoms with Crippen molar-refractivity contribution in [1.29, 1.82) is 0 Å². The van der Waals surface area contributed by atoms with Crippen LogP contribution in [0.15, 0.2) is 23.6 Å². The van der Waals surface area contributed by atoms with Crippen molar-refractivity contribution >= 4 is 16.3 Å². The summed E-state index contributed by atoms with van der Waals surface area (Å²) in [6.45, 7) is 0.208. The van der Waals surface area contributed by atoms with E-state index in [-0.39, 0.29) is 12.1 Å². The lowest BCUT2D eigenvalue weighted by atomic mass is 10.1. The predicted octanol–water partition coefficient (Wildman–Crippen LogP) is 2.19. The molecule has 2 aromatic heterocycles. The number of nitrogens with two attached hydrogens (primary N) is 1. The maximum absolute atomic E-state index is 13.7. The molecule has 18 heavy (non-hydrogen) atoms. The Labute approximate surface area is 105 Å². The quantitative estimate of drug-likeness (QED) is 0.773. The van der Waals surface area contributed by atoms with Crippen LogP contribution < -0.4 is 5.73 Å². The van der Waals surface area contributed by atoms with Gasteiger partial charge in [-0.3, -0.25) is 0 Å². The molecule has 0 aliphatic rings. The first-order chi connectivity index (χ1) is 8.69. The van der Waals surface area contributed by atoms with E-state index in [2.05, 4.69) is 10.1 Å². The molecular weight excluding hydrogens is 258 g/mol. The number of halogens is 2. The van der Waals surface area contributed by atoms with Crippen molar-refractivity contribution in [2.75, 3.05) is 0 Å². The summed E-state index contributed by atoms with van der Waals surface area (Å²) in [6, 6.07) is 3.31. The van der Waals surface area contributed by atoms with Gasteiger partial charge in [0.15, 0.2) is 5.82 Å². The van der Waals surface area contributed by atoms with E-state index < -0.39 is 11.6 Å². The van der Waals surface area contributed by atoms with Gasteiger partial charge in [0.05, 0.1) is 12.2 Å². The molecule has 0 amide bonds. The zero-order valence-corrected chi connectivity index (χ0v) is 9.92. The van der Waals surface area contributed by atoms with Crippen molar-refractivity contribution in [2.45, 2.75) is 6.54 Å². The van der Waals surface area contributed by atoms with Crippen molar-refractivity contribution in [2.24, 2.45) is 5.73 Å². The van der Waals surface area contributed by atoms with Crippen LogP contribution in [0.3, 0.4) is 0 Å². The molecule has 2 N–H and O–H groups in total. The number of fused-ring (bicyclic) bond motifs is 1. The molecule has 0 saturated heterocycles. The molecule has 0 aliphatic heterocycles. The van der Waals surface area contributed by atoms with Crippen LogP contribution in [0.2, 0.25) is 0 Å². The summed E-state index contributed by atoms with van der Waals surface area (Å²) in [5.41, 5.74) is 6.08. The normalized spacial score (nSPS) is 11.3. The standard InChI is InChI=1S/C11H8F2N4S/c12-6-1-2-8(13)7(3-6)9-5-18-11-15-10(4-14)16-17(9)11/h1-3,5H,4,14H2. The molecule has 7 heteroatoms. The van der Waals surface area contributed by atoms with Crippen LogP contribution in [0.4, 0.5) is 8.78 Å². The van der Waals surface area contributed by atoms with Crippen molar-refractivity contribution in [3.05, 3.63) is 41.0 Å². The first-order valence-electron chi connectivity index (χ1n) is 5.17. The van der Waals surface area contributed by atoms with Crippen LogP contribution >= 0.6 is 11.3 Å². The van der Waals surface area contributed by atoms with E-state index in [4.69, 9.17) is 5.73 Å². The SMILES string of the molecule is NCc1nc2scc(-c3cc(F)ccc3F)n2n1. The maximum Gasteiger partial charge on any atom is 0.212 e. The molecule has 92 valence electrons. The third kappa shape index (κ3) is 1.68. The second-order valence-electron chi connectivity index (χ2n) is 3.67. The Kier molecular flexibility index (Phi) is 2.57. The summed E-state index contributed by atoms with van der Waals surface area (Å²) >= 11 is 1.30. The summed E-state index contributed by atoms with van der Waals surface area (Å²) in [7, 11) is 0. The number of nitrogens with zero attached hydrogens (tertiary/aromatic N) is 3. The van der Waals surface area contributed by atoms with Crippen molar-refractivity contribution in [1.82, 2.24) is 14.6 Å². The molecule has 0 saturated carbocycles. The van der Waals surface area contributed by atoms with Gasteiger partial charge in [0.1, 0.15) is 11.6 Å². The van der Waals surface area contributed by atoms with E-state index in [0.717, 1.165) is 18.2 Å². The molecule has 3 aromatic rings. The molecule has 3 rings (SSSR count). The number of benzene rings is 1. The van der Waals surface area contributed by atoms with Crippen LogP contribution in [-0.2, 0) is 6.54 Å². The topological polar surface area (TPSA) is 56.2 Å². The third-order valence-corrected chi connectivity index (χ3v) is 3.33. The van der Waals surface area contributed by atoms with Crippen molar-refractivity contribution < 1.29 is 8.78 Å². The van der Waals surface area contributed by atoms with Crippen molar-refractivity contribution in [3.8, 4) is 11.3 Å². The summed E-state index contributed by atoms with van der Waals surface area (Å²) in [4.78, 5) is 4.76. The number of rotatable bonds is 2. The summed E-state index contributed by atoms with van der Waals surface area (Å²) in [5.74, 6) is -0.522. The van der Waals surface area contributed by atoms with E-state index in [1.807, 2.05) is 0 Å². The summed E-state index contributed by atoms with van der Waals surface area (Å²) < 4.78 is 28.4. The summed E-state index contributed by atoms with van der Waals surface area (Å²) in [5, 5.41) is 5.83. The number of hydrogen-bond donors (Lipinski definition) is 1. The van der Waals surface area contributed by atoms with E-state index in [0.29, 0.717) is 16.5 Å². The second-order valence-corrected chi connectivity index (χ2v) is 4.51. The van der Waals surface area contributed by atoms with Gasteiger partial charge >= 0.3 is 0 Å². The van der Waals surface area contributed by atoms with Gasteiger partial charge < -0.3 is 5.73 Å². The first kappa shape index (κ1) is 11.2. The lowest BCUT2D eigenvalue weighted by Gasteiger charge is -2.01. The molecule has 2 heterocycles. The van der Waals surface area contributed by atoms with Crippen LogP contribution in [0.1, 0.15) is 5.82 Å². The average Bonchev–Trinajstić information content (AvgIpc) is 2.91. The minimum absolute atomic E-state index is 0.162. The monoisotopic (exact) mass is 266 g/mol. The Balaban J connectivity index is 2.24. The highest BCUT2D eigenvalue weighted by atomic mass is 32.1. The van der Waals surface area contributed by atoms with E-state index in [1.54, 1.807) is 5.38 Å². The van der Waals surface area contributed by atoms with Gasteiger partial charge in [-0.15, -0.1) is 16.4 Å². The molecule has 0 aliphatic carbocycles. The zero-order valence-electron chi connectivity index (χ0n) is 9.10. The van der Waals surface area contributed by atoms with Gasteiger partial charge in [-0.05, 0) is 18.2 Å². The molecule has 0 radical (unpaired) electrons. The molecule has 0 bridgehead atoms. The molecule has 0 fully saturated rings. The fourth-order valence-electron chi connectivity index (χ4n) is 1.69. The molecule has 1 aromatic carbocycles.